The van der Waals surface area contributed by atoms with Gasteiger partial charge < -0.3 is 20.1 Å². The topological polar surface area (TPSA) is 93.7 Å². The summed E-state index contributed by atoms with van der Waals surface area (Å²) in [6.07, 6.45) is 0.939. The van der Waals surface area contributed by atoms with Crippen molar-refractivity contribution in [2.45, 2.75) is 19.3 Å². The smallest absolute Gasteiger partial charge is 0.251 e. The first-order valence-corrected chi connectivity index (χ1v) is 9.11. The zero-order valence-electron chi connectivity index (χ0n) is 15.6. The van der Waals surface area contributed by atoms with Crippen LogP contribution in [0.5, 0.6) is 11.5 Å². The second-order valence-corrected chi connectivity index (χ2v) is 6.34. The fourth-order valence-corrected chi connectivity index (χ4v) is 2.78. The summed E-state index contributed by atoms with van der Waals surface area (Å²) >= 11 is 0. The van der Waals surface area contributed by atoms with Crippen molar-refractivity contribution >= 4 is 23.3 Å². The number of anilines is 1. The van der Waals surface area contributed by atoms with Crippen LogP contribution in [0.1, 0.15) is 40.0 Å². The van der Waals surface area contributed by atoms with Gasteiger partial charge in [-0.25, -0.2) is 0 Å². The van der Waals surface area contributed by atoms with Crippen LogP contribution in [-0.4, -0.2) is 37.9 Å². The SMILES string of the molecule is CNC(=O)c1ccc(NC(=O)CCC(=O)c2ccc3c(c2)OCCCO3)cc1. The Labute approximate surface area is 163 Å². The molecule has 0 fully saturated rings. The van der Waals surface area contributed by atoms with Crippen molar-refractivity contribution in [1.82, 2.24) is 5.32 Å². The highest BCUT2D eigenvalue weighted by molar-refractivity contribution is 6.00. The molecule has 0 saturated heterocycles. The normalized spacial score (nSPS) is 12.6. The van der Waals surface area contributed by atoms with Crippen LogP contribution >= 0.6 is 0 Å². The van der Waals surface area contributed by atoms with Crippen molar-refractivity contribution in [3.05, 3.63) is 53.6 Å². The summed E-state index contributed by atoms with van der Waals surface area (Å²) in [6, 6.07) is 11.6. The van der Waals surface area contributed by atoms with E-state index in [4.69, 9.17) is 9.47 Å². The van der Waals surface area contributed by atoms with Gasteiger partial charge in [0, 0.05) is 43.1 Å². The Morgan fingerprint density at radius 3 is 2.29 bits per heavy atom. The van der Waals surface area contributed by atoms with Gasteiger partial charge in [0.25, 0.3) is 5.91 Å². The minimum atomic E-state index is -0.268. The molecule has 28 heavy (non-hydrogen) atoms. The summed E-state index contributed by atoms with van der Waals surface area (Å²) in [6.45, 7) is 1.14. The predicted octanol–water partition coefficient (Wildman–Crippen LogP) is 2.81. The van der Waals surface area contributed by atoms with E-state index in [1.165, 1.54) is 0 Å². The van der Waals surface area contributed by atoms with Gasteiger partial charge in [0.1, 0.15) is 0 Å². The zero-order chi connectivity index (χ0) is 19.9. The number of hydrogen-bond donors (Lipinski definition) is 2. The van der Waals surface area contributed by atoms with Crippen molar-refractivity contribution in [2.75, 3.05) is 25.6 Å². The fourth-order valence-electron chi connectivity index (χ4n) is 2.78. The largest absolute Gasteiger partial charge is 0.490 e. The van der Waals surface area contributed by atoms with Gasteiger partial charge in [0.15, 0.2) is 17.3 Å². The van der Waals surface area contributed by atoms with E-state index in [2.05, 4.69) is 10.6 Å². The molecular weight excluding hydrogens is 360 g/mol. The second kappa shape index (κ2) is 9.03. The summed E-state index contributed by atoms with van der Waals surface area (Å²) in [5, 5.41) is 5.26. The second-order valence-electron chi connectivity index (χ2n) is 6.34. The Morgan fingerprint density at radius 2 is 1.57 bits per heavy atom. The van der Waals surface area contributed by atoms with E-state index in [1.807, 2.05) is 0 Å². The molecule has 0 bridgehead atoms. The van der Waals surface area contributed by atoms with E-state index in [0.717, 1.165) is 6.42 Å². The van der Waals surface area contributed by atoms with Crippen LogP contribution < -0.4 is 20.1 Å². The summed E-state index contributed by atoms with van der Waals surface area (Å²) in [4.78, 5) is 36.0. The fraction of sp³-hybridized carbons (Fsp3) is 0.286. The molecule has 0 aliphatic carbocycles. The number of carbonyl (C=O) groups excluding carboxylic acids is 3. The molecule has 0 aromatic heterocycles. The van der Waals surface area contributed by atoms with E-state index in [1.54, 1.807) is 49.5 Å². The number of benzene rings is 2. The molecule has 2 N–H and O–H groups in total. The maximum atomic E-state index is 12.4. The number of hydrogen-bond acceptors (Lipinski definition) is 5. The number of fused-ring (bicyclic) bond motifs is 1. The molecule has 7 heteroatoms. The van der Waals surface area contributed by atoms with Gasteiger partial charge in [-0.1, -0.05) is 0 Å². The Bertz CT molecular complexity index is 877. The first-order chi connectivity index (χ1) is 13.6. The number of Topliss-reactive ketones (excluding diaryl/α,β-unsaturated/α-hetero) is 1. The lowest BCUT2D eigenvalue weighted by Crippen LogP contribution is -2.18. The van der Waals surface area contributed by atoms with Crippen molar-refractivity contribution in [1.29, 1.82) is 0 Å². The van der Waals surface area contributed by atoms with Gasteiger partial charge >= 0.3 is 0 Å². The predicted molar refractivity (Wildman–Crippen MR) is 104 cm³/mol. The molecule has 3 rings (SSSR count). The average molecular weight is 382 g/mol. The maximum Gasteiger partial charge on any atom is 0.251 e. The van der Waals surface area contributed by atoms with Crippen LogP contribution in [0.25, 0.3) is 0 Å². The van der Waals surface area contributed by atoms with Crippen LogP contribution in [0.15, 0.2) is 42.5 Å². The van der Waals surface area contributed by atoms with Crippen molar-refractivity contribution in [3.63, 3.8) is 0 Å². The summed E-state index contributed by atoms with van der Waals surface area (Å²) in [5.41, 5.74) is 1.57. The number of ketones is 1. The highest BCUT2D eigenvalue weighted by Crippen LogP contribution is 2.30. The van der Waals surface area contributed by atoms with E-state index in [-0.39, 0.29) is 30.4 Å². The third-order valence-electron chi connectivity index (χ3n) is 4.31. The summed E-state index contributed by atoms with van der Waals surface area (Å²) < 4.78 is 11.1. The third-order valence-corrected chi connectivity index (χ3v) is 4.31. The molecular formula is C21H22N2O5. The lowest BCUT2D eigenvalue weighted by atomic mass is 10.1. The quantitative estimate of drug-likeness (QED) is 0.750. The minimum absolute atomic E-state index is 0.0600. The number of nitrogens with one attached hydrogen (secondary N) is 2. The Hall–Kier alpha value is -3.35. The van der Waals surface area contributed by atoms with Crippen molar-refractivity contribution < 1.29 is 23.9 Å². The van der Waals surface area contributed by atoms with Gasteiger partial charge in [-0.2, -0.15) is 0 Å². The maximum absolute atomic E-state index is 12.4. The van der Waals surface area contributed by atoms with E-state index in [0.29, 0.717) is 41.5 Å². The standard InChI is InChI=1S/C21H22N2O5/c1-22-21(26)14-3-6-16(7-4-14)23-20(25)10-8-17(24)15-5-9-18-19(13-15)28-12-2-11-27-18/h3-7,9,13H,2,8,10-12H2,1H3,(H,22,26)(H,23,25). The summed E-state index contributed by atoms with van der Waals surface area (Å²) in [5.74, 6) is 0.589. The van der Waals surface area contributed by atoms with Gasteiger partial charge in [0.2, 0.25) is 5.91 Å². The molecule has 1 aliphatic heterocycles. The van der Waals surface area contributed by atoms with Gasteiger partial charge in [-0.05, 0) is 42.5 Å². The Morgan fingerprint density at radius 1 is 0.893 bits per heavy atom. The highest BCUT2D eigenvalue weighted by atomic mass is 16.5. The number of rotatable bonds is 6. The molecule has 1 aliphatic rings. The van der Waals surface area contributed by atoms with Gasteiger partial charge in [0.05, 0.1) is 13.2 Å². The minimum Gasteiger partial charge on any atom is -0.490 e. The zero-order valence-corrected chi connectivity index (χ0v) is 15.6. The molecule has 2 aromatic carbocycles. The molecule has 0 spiro atoms. The molecule has 146 valence electrons. The van der Waals surface area contributed by atoms with Crippen molar-refractivity contribution in [2.24, 2.45) is 0 Å². The Balaban J connectivity index is 1.53. The molecule has 2 amide bonds. The van der Waals surface area contributed by atoms with Crippen LogP contribution in [-0.2, 0) is 4.79 Å². The lowest BCUT2D eigenvalue weighted by molar-refractivity contribution is -0.116. The number of ether oxygens (including phenoxy) is 2. The third kappa shape index (κ3) is 4.88. The first kappa shape index (κ1) is 19.4. The average Bonchev–Trinajstić information content (AvgIpc) is 2.96. The molecule has 2 aromatic rings. The molecule has 0 saturated carbocycles. The van der Waals surface area contributed by atoms with Crippen LogP contribution in [0, 0.1) is 0 Å². The molecule has 1 heterocycles. The first-order valence-electron chi connectivity index (χ1n) is 9.11. The molecule has 0 unspecified atom stereocenters. The summed E-state index contributed by atoms with van der Waals surface area (Å²) in [7, 11) is 1.55. The van der Waals surface area contributed by atoms with E-state index >= 15 is 0 Å². The van der Waals surface area contributed by atoms with Crippen molar-refractivity contribution in [3.8, 4) is 11.5 Å². The molecule has 0 radical (unpaired) electrons. The number of carbonyl (C=O) groups is 3. The number of amides is 2. The van der Waals surface area contributed by atoms with Gasteiger partial charge in [-0.3, -0.25) is 14.4 Å². The highest BCUT2D eigenvalue weighted by Gasteiger charge is 2.15. The Kier molecular flexibility index (Phi) is 6.26. The lowest BCUT2D eigenvalue weighted by Gasteiger charge is -2.09. The van der Waals surface area contributed by atoms with Crippen LogP contribution in [0.4, 0.5) is 5.69 Å². The van der Waals surface area contributed by atoms with Crippen LogP contribution in [0.3, 0.4) is 0 Å². The van der Waals surface area contributed by atoms with E-state index < -0.39 is 0 Å². The van der Waals surface area contributed by atoms with E-state index in [9.17, 15) is 14.4 Å². The van der Waals surface area contributed by atoms with Gasteiger partial charge in [-0.15, -0.1) is 0 Å². The monoisotopic (exact) mass is 382 g/mol. The molecule has 7 nitrogen and oxygen atoms in total. The van der Waals surface area contributed by atoms with Crippen LogP contribution in [0.2, 0.25) is 0 Å². The molecule has 0 atom stereocenters.